The van der Waals surface area contributed by atoms with Gasteiger partial charge in [0.1, 0.15) is 18.0 Å². The van der Waals surface area contributed by atoms with E-state index in [1.54, 1.807) is 11.0 Å². The number of nitriles is 1. The highest BCUT2D eigenvalue weighted by Gasteiger charge is 2.56. The Kier molecular flexibility index (Phi) is 4.43. The van der Waals surface area contributed by atoms with Crippen molar-refractivity contribution < 1.29 is 14.6 Å². The Balaban J connectivity index is 1.20. The smallest absolute Gasteiger partial charge is 0.410 e. The minimum Gasteiger partial charge on any atom is -0.446 e. The molecule has 4 saturated carbocycles. The number of nitrogens with one attached hydrogen (secondary N) is 1. The van der Waals surface area contributed by atoms with E-state index >= 15 is 0 Å². The third-order valence-electron chi connectivity index (χ3n) is 7.33. The van der Waals surface area contributed by atoms with Crippen molar-refractivity contribution in [3.8, 4) is 6.07 Å². The second-order valence-electron chi connectivity index (χ2n) is 9.58. The number of anilines is 1. The zero-order valence-corrected chi connectivity index (χ0v) is 16.8. The summed E-state index contributed by atoms with van der Waals surface area (Å²) in [5, 5.41) is 23.3. The topological polar surface area (TPSA) is 98.5 Å². The molecule has 29 heavy (non-hydrogen) atoms. The van der Waals surface area contributed by atoms with E-state index in [2.05, 4.69) is 16.4 Å². The lowest BCUT2D eigenvalue weighted by Crippen LogP contribution is -2.58. The normalized spacial score (nSPS) is 37.4. The Labute approximate surface area is 171 Å². The van der Waals surface area contributed by atoms with Crippen LogP contribution in [0.4, 0.5) is 10.6 Å². The van der Waals surface area contributed by atoms with Crippen LogP contribution >= 0.6 is 0 Å². The maximum atomic E-state index is 12.8. The molecule has 4 aliphatic carbocycles. The van der Waals surface area contributed by atoms with Crippen molar-refractivity contribution in [2.24, 2.45) is 17.8 Å². The fourth-order valence-corrected chi connectivity index (χ4v) is 6.31. The summed E-state index contributed by atoms with van der Waals surface area (Å²) in [6, 6.07) is 5.82. The highest BCUT2D eigenvalue weighted by Crippen LogP contribution is 2.56. The van der Waals surface area contributed by atoms with Crippen LogP contribution in [0.3, 0.4) is 0 Å². The first kappa shape index (κ1) is 18.7. The van der Waals surface area contributed by atoms with Gasteiger partial charge in [0, 0.05) is 24.8 Å². The van der Waals surface area contributed by atoms with Crippen LogP contribution in [-0.4, -0.2) is 51.9 Å². The minimum atomic E-state index is -0.513. The summed E-state index contributed by atoms with van der Waals surface area (Å²) in [6.45, 7) is 3.08. The standard InChI is InChI=1S/C22H28N4O3/c1-13-2-3-15(11-23)20(24-13)25-18-4-5-26(12-18)21(27)29-19-16-6-14-7-17(19)10-22(28,8-14)9-16/h2-3,14,16-19,28H,4-10,12H2,1H3,(H,24,25)/t14?,16?,17?,18-,19?,22?/m1/s1. The molecule has 1 aromatic rings. The molecular weight excluding hydrogens is 368 g/mol. The Morgan fingerprint density at radius 3 is 2.79 bits per heavy atom. The average molecular weight is 396 g/mol. The highest BCUT2D eigenvalue weighted by molar-refractivity contribution is 5.68. The van der Waals surface area contributed by atoms with Gasteiger partial charge < -0.3 is 20.1 Å². The van der Waals surface area contributed by atoms with Crippen molar-refractivity contribution in [2.45, 2.75) is 63.2 Å². The van der Waals surface area contributed by atoms with Crippen molar-refractivity contribution in [1.29, 1.82) is 5.26 Å². The Hall–Kier alpha value is -2.33. The largest absolute Gasteiger partial charge is 0.446 e. The van der Waals surface area contributed by atoms with Crippen LogP contribution < -0.4 is 5.32 Å². The summed E-state index contributed by atoms with van der Waals surface area (Å²) in [7, 11) is 0. The van der Waals surface area contributed by atoms with Crippen molar-refractivity contribution in [2.75, 3.05) is 18.4 Å². The molecule has 0 spiro atoms. The van der Waals surface area contributed by atoms with Gasteiger partial charge in [0.25, 0.3) is 0 Å². The van der Waals surface area contributed by atoms with Crippen LogP contribution in [-0.2, 0) is 4.74 Å². The number of amides is 1. The fourth-order valence-electron chi connectivity index (χ4n) is 6.31. The zero-order chi connectivity index (χ0) is 20.2. The monoisotopic (exact) mass is 396 g/mol. The first-order valence-electron chi connectivity index (χ1n) is 10.7. The molecule has 7 heteroatoms. The Bertz CT molecular complexity index is 850. The van der Waals surface area contributed by atoms with Gasteiger partial charge in [0.05, 0.1) is 11.2 Å². The molecule has 1 aromatic heterocycles. The number of aliphatic hydroxyl groups is 1. The third-order valence-corrected chi connectivity index (χ3v) is 7.33. The molecule has 4 bridgehead atoms. The summed E-state index contributed by atoms with van der Waals surface area (Å²) < 4.78 is 6.00. The summed E-state index contributed by atoms with van der Waals surface area (Å²) in [5.74, 6) is 1.80. The van der Waals surface area contributed by atoms with Gasteiger partial charge in [-0.2, -0.15) is 5.26 Å². The number of aryl methyl sites for hydroxylation is 1. The van der Waals surface area contributed by atoms with Crippen molar-refractivity contribution in [3.05, 3.63) is 23.4 Å². The molecule has 5 fully saturated rings. The summed E-state index contributed by atoms with van der Waals surface area (Å²) in [4.78, 5) is 19.0. The molecule has 1 amide bonds. The van der Waals surface area contributed by atoms with Crippen LogP contribution in [0.15, 0.2) is 12.1 Å². The second kappa shape index (κ2) is 6.88. The minimum absolute atomic E-state index is 0.0463. The van der Waals surface area contributed by atoms with E-state index in [4.69, 9.17) is 4.74 Å². The van der Waals surface area contributed by atoms with Gasteiger partial charge in [-0.3, -0.25) is 0 Å². The van der Waals surface area contributed by atoms with E-state index in [0.29, 0.717) is 42.2 Å². The molecule has 0 aromatic carbocycles. The SMILES string of the molecule is Cc1ccc(C#N)c(N[C@@H]2CCN(C(=O)OC3C4CC5CC3CC(O)(C5)C4)C2)n1. The van der Waals surface area contributed by atoms with Gasteiger partial charge in [-0.25, -0.2) is 9.78 Å². The maximum absolute atomic E-state index is 12.8. The molecule has 154 valence electrons. The summed E-state index contributed by atoms with van der Waals surface area (Å²) in [5.41, 5.74) is 0.855. The molecule has 7 nitrogen and oxygen atoms in total. The number of ether oxygens (including phenoxy) is 1. The maximum Gasteiger partial charge on any atom is 0.410 e. The number of likely N-dealkylation sites (tertiary alicyclic amines) is 1. The van der Waals surface area contributed by atoms with Gasteiger partial charge in [0.15, 0.2) is 0 Å². The molecule has 2 heterocycles. The number of hydrogen-bond donors (Lipinski definition) is 2. The number of aromatic nitrogens is 1. The average Bonchev–Trinajstić information content (AvgIpc) is 3.12. The number of nitrogens with zero attached hydrogens (tertiary/aromatic N) is 3. The lowest BCUT2D eigenvalue weighted by atomic mass is 9.53. The summed E-state index contributed by atoms with van der Waals surface area (Å²) >= 11 is 0. The van der Waals surface area contributed by atoms with Crippen LogP contribution in [0, 0.1) is 36.0 Å². The van der Waals surface area contributed by atoms with Crippen LogP contribution in [0.25, 0.3) is 0 Å². The third kappa shape index (κ3) is 3.44. The molecule has 2 N–H and O–H groups in total. The van der Waals surface area contributed by atoms with Crippen molar-refractivity contribution in [3.63, 3.8) is 0 Å². The van der Waals surface area contributed by atoms with E-state index in [0.717, 1.165) is 44.2 Å². The van der Waals surface area contributed by atoms with Gasteiger partial charge in [-0.1, -0.05) is 0 Å². The van der Waals surface area contributed by atoms with Crippen molar-refractivity contribution in [1.82, 2.24) is 9.88 Å². The molecule has 0 radical (unpaired) electrons. The molecule has 5 aliphatic rings. The van der Waals surface area contributed by atoms with E-state index in [1.165, 1.54) is 0 Å². The lowest BCUT2D eigenvalue weighted by Gasteiger charge is -2.57. The highest BCUT2D eigenvalue weighted by atomic mass is 16.6. The molecule has 1 saturated heterocycles. The Morgan fingerprint density at radius 1 is 1.34 bits per heavy atom. The molecule has 1 aliphatic heterocycles. The molecular formula is C22H28N4O3. The van der Waals surface area contributed by atoms with Crippen LogP contribution in [0.5, 0.6) is 0 Å². The van der Waals surface area contributed by atoms with E-state index in [1.807, 2.05) is 13.0 Å². The fraction of sp³-hybridized carbons (Fsp3) is 0.682. The second-order valence-corrected chi connectivity index (χ2v) is 9.58. The molecule has 2 unspecified atom stereocenters. The number of carbonyl (C=O) groups is 1. The molecule has 3 atom stereocenters. The molecule has 6 rings (SSSR count). The number of rotatable bonds is 3. The van der Waals surface area contributed by atoms with Gasteiger partial charge in [-0.15, -0.1) is 0 Å². The first-order chi connectivity index (χ1) is 13.9. The van der Waals surface area contributed by atoms with Gasteiger partial charge in [0.2, 0.25) is 0 Å². The van der Waals surface area contributed by atoms with Crippen molar-refractivity contribution >= 4 is 11.9 Å². The van der Waals surface area contributed by atoms with Gasteiger partial charge in [-0.05, 0) is 75.3 Å². The van der Waals surface area contributed by atoms with E-state index in [-0.39, 0.29) is 18.2 Å². The first-order valence-corrected chi connectivity index (χ1v) is 10.7. The predicted molar refractivity (Wildman–Crippen MR) is 106 cm³/mol. The summed E-state index contributed by atoms with van der Waals surface area (Å²) in [6.07, 6.45) is 5.16. The van der Waals surface area contributed by atoms with E-state index < -0.39 is 5.60 Å². The van der Waals surface area contributed by atoms with Crippen LogP contribution in [0.2, 0.25) is 0 Å². The number of carbonyl (C=O) groups excluding carboxylic acids is 1. The quantitative estimate of drug-likeness (QED) is 0.815. The number of hydrogen-bond acceptors (Lipinski definition) is 6. The van der Waals surface area contributed by atoms with Crippen LogP contribution in [0.1, 0.15) is 49.8 Å². The van der Waals surface area contributed by atoms with E-state index in [9.17, 15) is 15.2 Å². The zero-order valence-electron chi connectivity index (χ0n) is 16.8. The van der Waals surface area contributed by atoms with Gasteiger partial charge >= 0.3 is 6.09 Å². The number of pyridine rings is 1. The predicted octanol–water partition coefficient (Wildman–Crippen LogP) is 2.82. The Morgan fingerprint density at radius 2 is 2.10 bits per heavy atom. The lowest BCUT2D eigenvalue weighted by molar-refractivity contribution is -0.177.